The molecule has 0 radical (unpaired) electrons. The number of rotatable bonds is 6. The number of carbonyl (C=O) groups excluding carboxylic acids is 2. The van der Waals surface area contributed by atoms with Crippen molar-refractivity contribution in [2.75, 3.05) is 17.7 Å². The molecule has 0 spiro atoms. The lowest BCUT2D eigenvalue weighted by atomic mass is 10.1. The molecule has 2 amide bonds. The highest BCUT2D eigenvalue weighted by Gasteiger charge is 2.23. The van der Waals surface area contributed by atoms with Crippen molar-refractivity contribution < 1.29 is 14.3 Å². The van der Waals surface area contributed by atoms with Gasteiger partial charge in [0.2, 0.25) is 5.91 Å². The standard InChI is InChI=1S/C26H26N4O4S/c1-14-10-11-15(2)19(12-14)29-23(31)17(4)30-13-27-25-21(26(30)33)16(3)22(35-25)24(32)28-18-8-6-7-9-20(18)34-5/h6-13,17H,1-5H3,(H,28,32)(H,29,31). The third-order valence-corrected chi connectivity index (χ3v) is 7.08. The van der Waals surface area contributed by atoms with Crippen LogP contribution in [0.15, 0.2) is 53.6 Å². The molecule has 2 N–H and O–H groups in total. The van der Waals surface area contributed by atoms with Crippen molar-refractivity contribution in [3.63, 3.8) is 0 Å². The van der Waals surface area contributed by atoms with Crippen LogP contribution in [0.3, 0.4) is 0 Å². The molecular formula is C26H26N4O4S. The van der Waals surface area contributed by atoms with Crippen LogP contribution >= 0.6 is 11.3 Å². The molecule has 8 nitrogen and oxygen atoms in total. The molecule has 2 aromatic heterocycles. The highest BCUT2D eigenvalue weighted by atomic mass is 32.1. The minimum Gasteiger partial charge on any atom is -0.495 e. The number of hydrogen-bond donors (Lipinski definition) is 2. The molecule has 0 aliphatic carbocycles. The summed E-state index contributed by atoms with van der Waals surface area (Å²) in [7, 11) is 1.53. The molecule has 2 aromatic carbocycles. The lowest BCUT2D eigenvalue weighted by Gasteiger charge is -2.16. The zero-order chi connectivity index (χ0) is 25.3. The average molecular weight is 491 g/mol. The Kier molecular flexibility index (Phi) is 6.70. The van der Waals surface area contributed by atoms with Crippen LogP contribution in [0.5, 0.6) is 5.75 Å². The summed E-state index contributed by atoms with van der Waals surface area (Å²) < 4.78 is 6.59. The summed E-state index contributed by atoms with van der Waals surface area (Å²) in [5, 5.41) is 6.07. The van der Waals surface area contributed by atoms with Crippen molar-refractivity contribution in [2.24, 2.45) is 0 Å². The maximum absolute atomic E-state index is 13.4. The second-order valence-electron chi connectivity index (χ2n) is 8.33. The van der Waals surface area contributed by atoms with Gasteiger partial charge in [-0.3, -0.25) is 19.0 Å². The third kappa shape index (κ3) is 4.67. The number of aromatic nitrogens is 2. The van der Waals surface area contributed by atoms with Gasteiger partial charge >= 0.3 is 0 Å². The normalized spacial score (nSPS) is 11.8. The molecule has 0 bridgehead atoms. The van der Waals surface area contributed by atoms with Gasteiger partial charge in [0.05, 0.1) is 29.4 Å². The summed E-state index contributed by atoms with van der Waals surface area (Å²) in [4.78, 5) is 44.5. The first-order valence-corrected chi connectivity index (χ1v) is 11.9. The van der Waals surface area contributed by atoms with E-state index in [0.29, 0.717) is 37.8 Å². The van der Waals surface area contributed by atoms with Crippen molar-refractivity contribution >= 4 is 44.7 Å². The molecule has 0 saturated carbocycles. The van der Waals surface area contributed by atoms with Crippen molar-refractivity contribution in [1.82, 2.24) is 9.55 Å². The highest BCUT2D eigenvalue weighted by Crippen LogP contribution is 2.30. The quantitative estimate of drug-likeness (QED) is 0.403. The summed E-state index contributed by atoms with van der Waals surface area (Å²) in [6, 6.07) is 12.1. The lowest BCUT2D eigenvalue weighted by Crippen LogP contribution is -2.32. The molecule has 4 rings (SSSR count). The Balaban J connectivity index is 1.64. The third-order valence-electron chi connectivity index (χ3n) is 5.89. The Bertz CT molecular complexity index is 1510. The number of aryl methyl sites for hydroxylation is 3. The molecule has 1 unspecified atom stereocenters. The number of amides is 2. The van der Waals surface area contributed by atoms with Crippen LogP contribution in [-0.4, -0.2) is 28.5 Å². The molecule has 0 fully saturated rings. The number of fused-ring (bicyclic) bond motifs is 1. The summed E-state index contributed by atoms with van der Waals surface area (Å²) in [6.07, 6.45) is 1.36. The first-order valence-electron chi connectivity index (χ1n) is 11.0. The Morgan fingerprint density at radius 3 is 2.54 bits per heavy atom. The van der Waals surface area contributed by atoms with Gasteiger partial charge in [0.25, 0.3) is 11.5 Å². The zero-order valence-electron chi connectivity index (χ0n) is 20.1. The molecule has 35 heavy (non-hydrogen) atoms. The molecular weight excluding hydrogens is 464 g/mol. The number of methoxy groups -OCH3 is 1. The van der Waals surface area contributed by atoms with E-state index in [9.17, 15) is 14.4 Å². The van der Waals surface area contributed by atoms with Crippen molar-refractivity contribution in [3.8, 4) is 5.75 Å². The van der Waals surface area contributed by atoms with E-state index in [1.807, 2.05) is 38.1 Å². The second-order valence-corrected chi connectivity index (χ2v) is 9.33. The van der Waals surface area contributed by atoms with Crippen LogP contribution in [0.4, 0.5) is 11.4 Å². The number of hydrogen-bond acceptors (Lipinski definition) is 6. The number of ether oxygens (including phenoxy) is 1. The first-order chi connectivity index (χ1) is 16.7. The van der Waals surface area contributed by atoms with Gasteiger partial charge in [-0.1, -0.05) is 24.3 Å². The SMILES string of the molecule is COc1ccccc1NC(=O)c1sc2ncn(C(C)C(=O)Nc3cc(C)ccc3C)c(=O)c2c1C. The molecule has 2 heterocycles. The minimum absolute atomic E-state index is 0.328. The second kappa shape index (κ2) is 9.71. The Morgan fingerprint density at radius 2 is 1.80 bits per heavy atom. The Labute approximate surface area is 206 Å². The van der Waals surface area contributed by atoms with Gasteiger partial charge in [0, 0.05) is 5.69 Å². The maximum atomic E-state index is 13.4. The predicted molar refractivity (Wildman–Crippen MR) is 139 cm³/mol. The molecule has 4 aromatic rings. The summed E-state index contributed by atoms with van der Waals surface area (Å²) in [5.41, 5.74) is 3.32. The molecule has 180 valence electrons. The van der Waals surface area contributed by atoms with Crippen LogP contribution in [0.1, 0.15) is 39.3 Å². The van der Waals surface area contributed by atoms with E-state index in [2.05, 4.69) is 15.6 Å². The van der Waals surface area contributed by atoms with Crippen molar-refractivity contribution in [2.45, 2.75) is 33.7 Å². The van der Waals surface area contributed by atoms with E-state index in [1.54, 1.807) is 32.0 Å². The van der Waals surface area contributed by atoms with Crippen LogP contribution in [0, 0.1) is 20.8 Å². The van der Waals surface area contributed by atoms with Crippen LogP contribution in [0.2, 0.25) is 0 Å². The largest absolute Gasteiger partial charge is 0.495 e. The van der Waals surface area contributed by atoms with Crippen LogP contribution in [0.25, 0.3) is 10.2 Å². The number of nitrogens with one attached hydrogen (secondary N) is 2. The first kappa shape index (κ1) is 24.2. The van der Waals surface area contributed by atoms with E-state index in [1.165, 1.54) is 18.0 Å². The van der Waals surface area contributed by atoms with E-state index in [4.69, 9.17) is 4.74 Å². The van der Waals surface area contributed by atoms with E-state index < -0.39 is 6.04 Å². The fourth-order valence-electron chi connectivity index (χ4n) is 3.79. The number of para-hydroxylation sites is 2. The number of benzene rings is 2. The van der Waals surface area contributed by atoms with E-state index in [0.717, 1.165) is 22.5 Å². The summed E-state index contributed by atoms with van der Waals surface area (Å²) in [5.74, 6) is -0.158. The van der Waals surface area contributed by atoms with Crippen LogP contribution in [-0.2, 0) is 4.79 Å². The van der Waals surface area contributed by atoms with E-state index >= 15 is 0 Å². The van der Waals surface area contributed by atoms with Gasteiger partial charge in [-0.15, -0.1) is 11.3 Å². The van der Waals surface area contributed by atoms with E-state index in [-0.39, 0.29) is 17.4 Å². The van der Waals surface area contributed by atoms with Crippen molar-refractivity contribution in [3.05, 3.63) is 80.7 Å². The van der Waals surface area contributed by atoms with Gasteiger partial charge in [0.1, 0.15) is 16.6 Å². The minimum atomic E-state index is -0.801. The molecule has 9 heteroatoms. The maximum Gasteiger partial charge on any atom is 0.266 e. The fourth-order valence-corrected chi connectivity index (χ4v) is 4.83. The zero-order valence-corrected chi connectivity index (χ0v) is 20.9. The Hall–Kier alpha value is -3.98. The monoisotopic (exact) mass is 490 g/mol. The fraction of sp³-hybridized carbons (Fsp3) is 0.231. The van der Waals surface area contributed by atoms with Gasteiger partial charge < -0.3 is 15.4 Å². The summed E-state index contributed by atoms with van der Waals surface area (Å²) in [6.45, 7) is 7.21. The molecule has 1 atom stereocenters. The van der Waals surface area contributed by atoms with Gasteiger partial charge in [-0.25, -0.2) is 4.98 Å². The van der Waals surface area contributed by atoms with Gasteiger partial charge in [-0.05, 0) is 62.6 Å². The number of nitrogens with zero attached hydrogens (tertiary/aromatic N) is 2. The number of thiophene rings is 1. The highest BCUT2D eigenvalue weighted by molar-refractivity contribution is 7.20. The lowest BCUT2D eigenvalue weighted by molar-refractivity contribution is -0.118. The smallest absolute Gasteiger partial charge is 0.266 e. The summed E-state index contributed by atoms with van der Waals surface area (Å²) >= 11 is 1.14. The predicted octanol–water partition coefficient (Wildman–Crippen LogP) is 4.84. The topological polar surface area (TPSA) is 102 Å². The van der Waals surface area contributed by atoms with Crippen LogP contribution < -0.4 is 20.9 Å². The molecule has 0 saturated heterocycles. The Morgan fingerprint density at radius 1 is 1.06 bits per heavy atom. The number of carbonyl (C=O) groups is 2. The average Bonchev–Trinajstić information content (AvgIpc) is 3.18. The van der Waals surface area contributed by atoms with Gasteiger partial charge in [-0.2, -0.15) is 0 Å². The van der Waals surface area contributed by atoms with Gasteiger partial charge in [0.15, 0.2) is 0 Å². The number of anilines is 2. The molecule has 0 aliphatic rings. The molecule has 0 aliphatic heterocycles. The van der Waals surface area contributed by atoms with Crippen molar-refractivity contribution in [1.29, 1.82) is 0 Å².